The van der Waals surface area contributed by atoms with Gasteiger partial charge in [-0.05, 0) is 20.7 Å². The van der Waals surface area contributed by atoms with Gasteiger partial charge in [-0.3, -0.25) is 0 Å². The average molecular weight is 110 g/mol. The average Bonchev–Trinajstić information content (AvgIpc) is 1.41. The molecule has 0 rings (SSSR count). The first-order valence-electron chi connectivity index (χ1n) is 0.737. The van der Waals surface area contributed by atoms with Crippen LogP contribution in [-0.4, -0.2) is 0 Å². The Bertz CT molecular complexity index is 53.9. The lowest BCUT2D eigenvalue weighted by Gasteiger charge is -1.53. The molecule has 0 spiro atoms. The summed E-state index contributed by atoms with van der Waals surface area (Å²) in [6.07, 6.45) is 0. The number of hydrogen-bond acceptors (Lipinski definition) is 2. The van der Waals surface area contributed by atoms with Crippen molar-refractivity contribution in [1.82, 2.24) is 0 Å². The lowest BCUT2D eigenvalue weighted by molar-refractivity contribution is 1.83. The Labute approximate surface area is 37.6 Å². The Hall–Kier alpha value is -0.0500. The van der Waals surface area contributed by atoms with Gasteiger partial charge >= 0.3 is 0 Å². The molecule has 0 aromatic rings. The van der Waals surface area contributed by atoms with Crippen molar-refractivity contribution in [3.63, 3.8) is 0 Å². The molecule has 3 nitrogen and oxygen atoms in total. The smallest absolute Gasteiger partial charge is 0.0365 e. The topological polar surface area (TPSA) is 48.8 Å². The lowest BCUT2D eigenvalue weighted by Crippen LogP contribution is -1.12. The molecule has 0 aromatic heterocycles. The maximum Gasteiger partial charge on any atom is 0.0412 e. The van der Waals surface area contributed by atoms with Crippen molar-refractivity contribution in [1.29, 1.82) is 0 Å². The maximum atomic E-state index is 7.42. The molecule has 0 N–H and O–H groups in total. The summed E-state index contributed by atoms with van der Waals surface area (Å²) in [7, 11) is 4.80. The predicted molar refractivity (Wildman–Crippen MR) is 22.6 cm³/mol. The van der Waals surface area contributed by atoms with Crippen LogP contribution in [0.25, 0.3) is 10.4 Å². The third-order valence-electron chi connectivity index (χ3n) is 0.0674. The zero-order valence-electron chi connectivity index (χ0n) is 2.13. The maximum absolute atomic E-state index is 7.42. The molecule has 0 fully saturated rings. The molecular weight excluding hydrogens is 110 g/mol. The fourth-order valence-corrected chi connectivity index (χ4v) is 0.124. The molecule has 0 unspecified atom stereocenters. The second-order valence-electron chi connectivity index (χ2n) is 0.240. The zero-order valence-corrected chi connectivity index (χ0v) is 3.70. The molecule has 5 heteroatoms. The van der Waals surface area contributed by atoms with E-state index in [4.69, 9.17) is 16.2 Å². The predicted octanol–water partition coefficient (Wildman–Crippen LogP) is 2.10. The molecule has 5 heavy (non-hydrogen) atoms. The van der Waals surface area contributed by atoms with Gasteiger partial charge in [0.25, 0.3) is 0 Å². The number of rotatable bonds is 1. The molecule has 28 valence electrons. The minimum absolute atomic E-state index is 0.582. The summed E-state index contributed by atoms with van der Waals surface area (Å²) in [5.41, 5.74) is 7.42. The highest BCUT2D eigenvalue weighted by Gasteiger charge is 1.55. The van der Waals surface area contributed by atoms with E-state index in [9.17, 15) is 0 Å². The summed E-state index contributed by atoms with van der Waals surface area (Å²) in [5.74, 6) is 0. The molecule has 0 amide bonds. The van der Waals surface area contributed by atoms with Crippen molar-refractivity contribution < 1.29 is 0 Å². The van der Waals surface area contributed by atoms with E-state index >= 15 is 0 Å². The number of halogens is 1. The van der Waals surface area contributed by atoms with Gasteiger partial charge in [-0.1, -0.05) is 0 Å². The summed E-state index contributed by atoms with van der Waals surface area (Å²) in [6.45, 7) is 0. The van der Waals surface area contributed by atoms with Gasteiger partial charge in [0.1, 0.15) is 0 Å². The molecule has 0 aliphatic carbocycles. The first-order valence-corrected chi connectivity index (χ1v) is 2.34. The Morgan fingerprint density at radius 2 is 2.60 bits per heavy atom. The minimum atomic E-state index is 0.582. The van der Waals surface area contributed by atoms with Crippen LogP contribution in [0.2, 0.25) is 0 Å². The number of azide groups is 1. The molecule has 0 heterocycles. The normalized spacial score (nSPS) is 5.80. The van der Waals surface area contributed by atoms with Crippen molar-refractivity contribution >= 4 is 21.8 Å². The summed E-state index contributed by atoms with van der Waals surface area (Å²) < 4.78 is 2.83. The van der Waals surface area contributed by atoms with Gasteiger partial charge < -0.3 is 0 Å². The summed E-state index contributed by atoms with van der Waals surface area (Å²) >= 11 is 0.582. The third kappa shape index (κ3) is 3.95. The van der Waals surface area contributed by atoms with Crippen molar-refractivity contribution in [3.05, 3.63) is 10.4 Å². The van der Waals surface area contributed by atoms with E-state index in [0.29, 0.717) is 11.2 Å². The minimum Gasteiger partial charge on any atom is -0.0365 e. The van der Waals surface area contributed by atoms with Crippen LogP contribution in [0.4, 0.5) is 0 Å². The van der Waals surface area contributed by atoms with Gasteiger partial charge in [0, 0.05) is 16.1 Å². The van der Waals surface area contributed by atoms with Gasteiger partial charge in [0.15, 0.2) is 0 Å². The van der Waals surface area contributed by atoms with E-state index < -0.39 is 0 Å². The fourth-order valence-electron chi connectivity index (χ4n) is 0.0138. The molecular formula is ClN3S. The van der Waals surface area contributed by atoms with Crippen LogP contribution >= 0.6 is 21.8 Å². The molecule has 0 aliphatic heterocycles. The first-order chi connectivity index (χ1) is 2.41. The molecule has 0 saturated carbocycles. The quantitative estimate of drug-likeness (QED) is 0.220. The van der Waals surface area contributed by atoms with Gasteiger partial charge in [-0.2, -0.15) is 0 Å². The van der Waals surface area contributed by atoms with E-state index in [0.717, 1.165) is 0 Å². The van der Waals surface area contributed by atoms with Crippen LogP contribution in [0.1, 0.15) is 0 Å². The van der Waals surface area contributed by atoms with E-state index in [-0.39, 0.29) is 0 Å². The first kappa shape index (κ1) is 4.95. The van der Waals surface area contributed by atoms with Crippen molar-refractivity contribution in [2.75, 3.05) is 0 Å². The zero-order chi connectivity index (χ0) is 4.12. The highest BCUT2D eigenvalue weighted by atomic mass is 35.7. The van der Waals surface area contributed by atoms with E-state index in [1.165, 1.54) is 0 Å². The van der Waals surface area contributed by atoms with E-state index in [1.54, 1.807) is 0 Å². The number of hydrogen-bond donors (Lipinski definition) is 0. The Kier molecular flexibility index (Phi) is 3.91. The SMILES string of the molecule is [N-]=[N+]=NSCl. The third-order valence-corrected chi connectivity index (χ3v) is 0.387. The Morgan fingerprint density at radius 1 is 2.00 bits per heavy atom. The van der Waals surface area contributed by atoms with E-state index in [2.05, 4.69) is 9.43 Å². The van der Waals surface area contributed by atoms with Crippen LogP contribution in [0, 0.1) is 0 Å². The monoisotopic (exact) mass is 109 g/mol. The van der Waals surface area contributed by atoms with Gasteiger partial charge in [0.2, 0.25) is 0 Å². The molecule has 0 radical (unpaired) electrons. The van der Waals surface area contributed by atoms with Gasteiger partial charge in [-0.25, -0.2) is 0 Å². The Morgan fingerprint density at radius 3 is 2.60 bits per heavy atom. The molecule has 0 aliphatic rings. The molecule has 0 aromatic carbocycles. The van der Waals surface area contributed by atoms with Crippen LogP contribution < -0.4 is 0 Å². The standard InChI is InChI=1S/ClN3S/c1-5-4-3-2. The molecule has 0 saturated heterocycles. The van der Waals surface area contributed by atoms with Crippen LogP contribution in [0.15, 0.2) is 4.52 Å². The summed E-state index contributed by atoms with van der Waals surface area (Å²) in [5, 5.41) is 0. The van der Waals surface area contributed by atoms with Crippen LogP contribution in [0.3, 0.4) is 0 Å². The molecule has 0 atom stereocenters. The van der Waals surface area contributed by atoms with Crippen LogP contribution in [0.5, 0.6) is 0 Å². The van der Waals surface area contributed by atoms with E-state index in [1.807, 2.05) is 0 Å². The second kappa shape index (κ2) is 3.95. The summed E-state index contributed by atoms with van der Waals surface area (Å²) in [6, 6.07) is 0. The lowest BCUT2D eigenvalue weighted by atomic mass is 13.0. The van der Waals surface area contributed by atoms with Crippen molar-refractivity contribution in [2.24, 2.45) is 4.52 Å². The second-order valence-corrected chi connectivity index (χ2v) is 0.955. The highest BCUT2D eigenvalue weighted by Crippen LogP contribution is 2.05. The summed E-state index contributed by atoms with van der Waals surface area (Å²) in [4.78, 5) is 2.31. The van der Waals surface area contributed by atoms with Crippen molar-refractivity contribution in [3.8, 4) is 0 Å². The van der Waals surface area contributed by atoms with Crippen LogP contribution in [-0.2, 0) is 0 Å². The molecule has 0 bridgehead atoms. The highest BCUT2D eigenvalue weighted by molar-refractivity contribution is 8.19. The van der Waals surface area contributed by atoms with Crippen molar-refractivity contribution in [2.45, 2.75) is 0 Å². The van der Waals surface area contributed by atoms with Gasteiger partial charge in [0.05, 0.1) is 0 Å². The van der Waals surface area contributed by atoms with Gasteiger partial charge in [-0.15, -0.1) is 0 Å². The Balaban J connectivity index is 2.93. The fraction of sp³-hybridized carbons (Fsp3) is 0. The largest absolute Gasteiger partial charge is 0.0412 e. The number of nitrogens with zero attached hydrogens (tertiary/aromatic N) is 3.